The summed E-state index contributed by atoms with van der Waals surface area (Å²) in [6.07, 6.45) is 0. The van der Waals surface area contributed by atoms with E-state index in [1.165, 1.54) is 0 Å². The van der Waals surface area contributed by atoms with E-state index in [0.29, 0.717) is 36.7 Å². The molecule has 0 saturated carbocycles. The highest BCUT2D eigenvalue weighted by molar-refractivity contribution is 5.94. The van der Waals surface area contributed by atoms with Crippen LogP contribution in [0.4, 0.5) is 0 Å². The van der Waals surface area contributed by atoms with Crippen LogP contribution in [0.1, 0.15) is 50.5 Å². The van der Waals surface area contributed by atoms with Crippen molar-refractivity contribution in [1.29, 1.82) is 0 Å². The molecule has 1 heterocycles. The summed E-state index contributed by atoms with van der Waals surface area (Å²) in [7, 11) is 0. The van der Waals surface area contributed by atoms with Gasteiger partial charge in [0.2, 0.25) is 0 Å². The molecule has 1 amide bonds. The standard InChI is InChI=1S/C21H35N5O/c1-6-22-20(27)18-10-8-9-17(11-18)12-24-21(23-7-2)25-19-14-26(15(3)4)13-16(19)5/h8-11,15-16,19H,6-7,12-14H2,1-5H3,(H,22,27)(H2,23,24,25). The van der Waals surface area contributed by atoms with Crippen LogP contribution in [0.25, 0.3) is 0 Å². The predicted molar refractivity (Wildman–Crippen MR) is 112 cm³/mol. The average molecular weight is 374 g/mol. The largest absolute Gasteiger partial charge is 0.357 e. The molecule has 1 aromatic carbocycles. The molecular weight excluding hydrogens is 338 g/mol. The Morgan fingerprint density at radius 2 is 1.96 bits per heavy atom. The molecular formula is C21H35N5O. The van der Waals surface area contributed by atoms with Gasteiger partial charge in [-0.15, -0.1) is 0 Å². The topological polar surface area (TPSA) is 68.8 Å². The highest BCUT2D eigenvalue weighted by Gasteiger charge is 2.31. The first kappa shape index (κ1) is 21.2. The number of benzene rings is 1. The molecule has 1 saturated heterocycles. The minimum absolute atomic E-state index is 0.0399. The molecule has 2 rings (SSSR count). The number of amides is 1. The maximum absolute atomic E-state index is 12.0. The molecule has 0 radical (unpaired) electrons. The molecule has 3 N–H and O–H groups in total. The maximum atomic E-state index is 12.0. The van der Waals surface area contributed by atoms with Gasteiger partial charge in [0.25, 0.3) is 5.91 Å². The molecule has 1 aliphatic heterocycles. The zero-order chi connectivity index (χ0) is 19.8. The smallest absolute Gasteiger partial charge is 0.251 e. The van der Waals surface area contributed by atoms with Crippen molar-refractivity contribution in [2.45, 2.75) is 53.2 Å². The first-order valence-corrected chi connectivity index (χ1v) is 10.1. The van der Waals surface area contributed by atoms with E-state index in [2.05, 4.69) is 48.5 Å². The third-order valence-electron chi connectivity index (χ3n) is 4.98. The van der Waals surface area contributed by atoms with Gasteiger partial charge < -0.3 is 16.0 Å². The van der Waals surface area contributed by atoms with E-state index in [9.17, 15) is 4.79 Å². The molecule has 0 aromatic heterocycles. The van der Waals surface area contributed by atoms with Crippen LogP contribution in [0.2, 0.25) is 0 Å². The number of aliphatic imine (C=N–C) groups is 1. The van der Waals surface area contributed by atoms with Gasteiger partial charge in [-0.05, 0) is 51.3 Å². The summed E-state index contributed by atoms with van der Waals surface area (Å²) in [5.74, 6) is 1.38. The first-order chi connectivity index (χ1) is 12.9. The van der Waals surface area contributed by atoms with E-state index < -0.39 is 0 Å². The number of hydrogen-bond acceptors (Lipinski definition) is 3. The van der Waals surface area contributed by atoms with E-state index in [0.717, 1.165) is 31.2 Å². The Morgan fingerprint density at radius 1 is 1.22 bits per heavy atom. The van der Waals surface area contributed by atoms with Crippen LogP contribution in [0.3, 0.4) is 0 Å². The molecule has 0 aliphatic carbocycles. The fourth-order valence-corrected chi connectivity index (χ4v) is 3.35. The maximum Gasteiger partial charge on any atom is 0.251 e. The molecule has 2 unspecified atom stereocenters. The molecule has 150 valence electrons. The first-order valence-electron chi connectivity index (χ1n) is 10.1. The molecule has 1 fully saturated rings. The third-order valence-corrected chi connectivity index (χ3v) is 4.98. The van der Waals surface area contributed by atoms with Gasteiger partial charge in [-0.2, -0.15) is 0 Å². The molecule has 1 aromatic rings. The van der Waals surface area contributed by atoms with Gasteiger partial charge in [-0.25, -0.2) is 4.99 Å². The zero-order valence-electron chi connectivity index (χ0n) is 17.4. The summed E-state index contributed by atoms with van der Waals surface area (Å²) in [5, 5.41) is 9.78. The summed E-state index contributed by atoms with van der Waals surface area (Å²) >= 11 is 0. The SMILES string of the molecule is CCNC(=O)c1cccc(CN=C(NCC)NC2CN(C(C)C)CC2C)c1. The van der Waals surface area contributed by atoms with Crippen LogP contribution in [0, 0.1) is 5.92 Å². The molecule has 0 spiro atoms. The summed E-state index contributed by atoms with van der Waals surface area (Å²) in [4.78, 5) is 19.3. The fraction of sp³-hybridized carbons (Fsp3) is 0.619. The Morgan fingerprint density at radius 3 is 2.59 bits per heavy atom. The predicted octanol–water partition coefficient (Wildman–Crippen LogP) is 2.22. The molecule has 1 aliphatic rings. The summed E-state index contributed by atoms with van der Waals surface area (Å²) in [6.45, 7) is 14.9. The number of rotatable bonds is 7. The Labute approximate surface area is 163 Å². The third kappa shape index (κ3) is 6.24. The zero-order valence-corrected chi connectivity index (χ0v) is 17.4. The van der Waals surface area contributed by atoms with Gasteiger partial charge in [-0.1, -0.05) is 19.1 Å². The van der Waals surface area contributed by atoms with Gasteiger partial charge in [0, 0.05) is 43.8 Å². The molecule has 2 atom stereocenters. The summed E-state index contributed by atoms with van der Waals surface area (Å²) < 4.78 is 0. The van der Waals surface area contributed by atoms with Crippen molar-refractivity contribution in [1.82, 2.24) is 20.9 Å². The monoisotopic (exact) mass is 373 g/mol. The number of carbonyl (C=O) groups excluding carboxylic acids is 1. The van der Waals surface area contributed by atoms with E-state index >= 15 is 0 Å². The van der Waals surface area contributed by atoms with Gasteiger partial charge in [0.15, 0.2) is 5.96 Å². The van der Waals surface area contributed by atoms with Gasteiger partial charge in [0.1, 0.15) is 0 Å². The van der Waals surface area contributed by atoms with E-state index in [1.54, 1.807) is 0 Å². The second-order valence-electron chi connectivity index (χ2n) is 7.53. The number of nitrogens with zero attached hydrogens (tertiary/aromatic N) is 2. The Balaban J connectivity index is 2.03. The minimum atomic E-state index is -0.0399. The van der Waals surface area contributed by atoms with Crippen LogP contribution >= 0.6 is 0 Å². The highest BCUT2D eigenvalue weighted by atomic mass is 16.1. The summed E-state index contributed by atoms with van der Waals surface area (Å²) in [5.41, 5.74) is 1.71. The normalized spacial score (nSPS) is 20.7. The lowest BCUT2D eigenvalue weighted by Gasteiger charge is -2.22. The lowest BCUT2D eigenvalue weighted by Crippen LogP contribution is -2.46. The highest BCUT2D eigenvalue weighted by Crippen LogP contribution is 2.18. The summed E-state index contributed by atoms with van der Waals surface area (Å²) in [6, 6.07) is 8.63. The second kappa shape index (κ2) is 10.3. The number of carbonyl (C=O) groups is 1. The van der Waals surface area contributed by atoms with Crippen molar-refractivity contribution >= 4 is 11.9 Å². The van der Waals surface area contributed by atoms with Crippen LogP contribution in [0.5, 0.6) is 0 Å². The number of nitrogens with one attached hydrogen (secondary N) is 3. The van der Waals surface area contributed by atoms with Crippen LogP contribution in [-0.4, -0.2) is 55.0 Å². The average Bonchev–Trinajstić information content (AvgIpc) is 3.01. The Kier molecular flexibility index (Phi) is 8.10. The van der Waals surface area contributed by atoms with Crippen molar-refractivity contribution < 1.29 is 4.79 Å². The van der Waals surface area contributed by atoms with E-state index in [1.807, 2.05) is 31.2 Å². The van der Waals surface area contributed by atoms with Crippen molar-refractivity contribution in [2.24, 2.45) is 10.9 Å². The van der Waals surface area contributed by atoms with E-state index in [-0.39, 0.29) is 5.91 Å². The lowest BCUT2D eigenvalue weighted by atomic mass is 10.1. The van der Waals surface area contributed by atoms with Gasteiger partial charge in [0.05, 0.1) is 6.54 Å². The van der Waals surface area contributed by atoms with Crippen molar-refractivity contribution in [3.63, 3.8) is 0 Å². The quantitative estimate of drug-likeness (QED) is 0.506. The van der Waals surface area contributed by atoms with Crippen molar-refractivity contribution in [2.75, 3.05) is 26.2 Å². The van der Waals surface area contributed by atoms with Crippen LogP contribution in [-0.2, 0) is 6.54 Å². The lowest BCUT2D eigenvalue weighted by molar-refractivity contribution is 0.0955. The minimum Gasteiger partial charge on any atom is -0.357 e. The van der Waals surface area contributed by atoms with Crippen molar-refractivity contribution in [3.8, 4) is 0 Å². The van der Waals surface area contributed by atoms with Gasteiger partial charge in [-0.3, -0.25) is 9.69 Å². The molecule has 0 bridgehead atoms. The molecule has 6 heteroatoms. The van der Waals surface area contributed by atoms with Crippen LogP contribution < -0.4 is 16.0 Å². The number of likely N-dealkylation sites (tertiary alicyclic amines) is 1. The Hall–Kier alpha value is -2.08. The van der Waals surface area contributed by atoms with Gasteiger partial charge >= 0.3 is 0 Å². The van der Waals surface area contributed by atoms with E-state index in [4.69, 9.17) is 4.99 Å². The van der Waals surface area contributed by atoms with Crippen LogP contribution in [0.15, 0.2) is 29.3 Å². The van der Waals surface area contributed by atoms with Crippen molar-refractivity contribution in [3.05, 3.63) is 35.4 Å². The Bertz CT molecular complexity index is 643. The number of guanidine groups is 1. The fourth-order valence-electron chi connectivity index (χ4n) is 3.35. The second-order valence-corrected chi connectivity index (χ2v) is 7.53. The molecule has 6 nitrogen and oxygen atoms in total. The number of hydrogen-bond donors (Lipinski definition) is 3. The molecule has 27 heavy (non-hydrogen) atoms.